The molecular weight excluding hydrogens is 242 g/mol. The number of nitrogens with two attached hydrogens (primary N) is 1. The average Bonchev–Trinajstić information content (AvgIpc) is 2.83. The predicted molar refractivity (Wildman–Crippen MR) is 75.6 cm³/mol. The summed E-state index contributed by atoms with van der Waals surface area (Å²) < 4.78 is 0. The molecule has 1 aliphatic rings. The first-order valence-corrected chi connectivity index (χ1v) is 7.33. The van der Waals surface area contributed by atoms with Crippen LogP contribution in [-0.2, 0) is 0 Å². The van der Waals surface area contributed by atoms with Crippen LogP contribution in [0.25, 0.3) is 11.3 Å². The Bertz CT molecular complexity index is 515. The second kappa shape index (κ2) is 5.06. The van der Waals surface area contributed by atoms with Crippen molar-refractivity contribution >= 4 is 16.5 Å². The highest BCUT2D eigenvalue weighted by molar-refractivity contribution is 7.15. The van der Waals surface area contributed by atoms with E-state index in [-0.39, 0.29) is 0 Å². The summed E-state index contributed by atoms with van der Waals surface area (Å²) in [5, 5.41) is 0.683. The van der Waals surface area contributed by atoms with Crippen LogP contribution in [0, 0.1) is 0 Å². The van der Waals surface area contributed by atoms with Crippen LogP contribution < -0.4 is 5.73 Å². The van der Waals surface area contributed by atoms with Crippen LogP contribution in [0.15, 0.2) is 24.5 Å². The molecular formula is C14H17N3S. The average molecular weight is 259 g/mol. The fourth-order valence-corrected chi connectivity index (χ4v) is 3.73. The Morgan fingerprint density at radius 2 is 1.83 bits per heavy atom. The zero-order valence-electron chi connectivity index (χ0n) is 10.3. The molecule has 0 spiro atoms. The maximum absolute atomic E-state index is 5.92. The van der Waals surface area contributed by atoms with Gasteiger partial charge in [0.1, 0.15) is 0 Å². The molecule has 0 amide bonds. The molecule has 1 fully saturated rings. The smallest absolute Gasteiger partial charge is 0.180 e. The Hall–Kier alpha value is -1.42. The molecule has 1 saturated carbocycles. The van der Waals surface area contributed by atoms with Gasteiger partial charge in [0, 0.05) is 22.8 Å². The fourth-order valence-electron chi connectivity index (χ4n) is 2.71. The van der Waals surface area contributed by atoms with Crippen LogP contribution in [0.3, 0.4) is 0 Å². The van der Waals surface area contributed by atoms with E-state index in [1.165, 1.54) is 37.0 Å². The molecule has 18 heavy (non-hydrogen) atoms. The predicted octanol–water partition coefficient (Wildman–Crippen LogP) is 3.84. The molecule has 0 bridgehead atoms. The lowest BCUT2D eigenvalue weighted by atomic mass is 9.87. The van der Waals surface area contributed by atoms with E-state index in [4.69, 9.17) is 5.73 Å². The van der Waals surface area contributed by atoms with Crippen molar-refractivity contribution in [1.29, 1.82) is 0 Å². The summed E-state index contributed by atoms with van der Waals surface area (Å²) in [6.07, 6.45) is 10.2. The summed E-state index contributed by atoms with van der Waals surface area (Å²) in [7, 11) is 0. The molecule has 3 nitrogen and oxygen atoms in total. The van der Waals surface area contributed by atoms with Gasteiger partial charge in [0.05, 0.1) is 5.69 Å². The largest absolute Gasteiger partial charge is 0.375 e. The molecule has 0 aromatic carbocycles. The molecule has 0 unspecified atom stereocenters. The van der Waals surface area contributed by atoms with E-state index in [1.54, 1.807) is 11.3 Å². The van der Waals surface area contributed by atoms with E-state index < -0.39 is 0 Å². The van der Waals surface area contributed by atoms with Gasteiger partial charge < -0.3 is 5.73 Å². The summed E-state index contributed by atoms with van der Waals surface area (Å²) in [6, 6.07) is 4.03. The first kappa shape index (κ1) is 11.7. The third-order valence-corrected chi connectivity index (χ3v) is 4.65. The van der Waals surface area contributed by atoms with Crippen molar-refractivity contribution in [3.05, 3.63) is 29.4 Å². The lowest BCUT2D eigenvalue weighted by molar-refractivity contribution is 0.448. The van der Waals surface area contributed by atoms with Gasteiger partial charge in [-0.3, -0.25) is 4.98 Å². The third kappa shape index (κ3) is 2.25. The molecule has 0 radical (unpaired) electrons. The van der Waals surface area contributed by atoms with E-state index >= 15 is 0 Å². The molecule has 2 heterocycles. The number of hydrogen-bond donors (Lipinski definition) is 1. The number of rotatable bonds is 2. The van der Waals surface area contributed by atoms with Crippen LogP contribution in [0.1, 0.15) is 42.9 Å². The molecule has 3 rings (SSSR count). The van der Waals surface area contributed by atoms with Crippen molar-refractivity contribution in [3.8, 4) is 11.3 Å². The summed E-state index contributed by atoms with van der Waals surface area (Å²) in [5.74, 6) is 0.650. The standard InChI is InChI=1S/C14H17N3S/c15-14-17-12(10-6-8-16-9-7-10)13(18-14)11-4-2-1-3-5-11/h6-9,11H,1-5H2,(H2,15,17). The Morgan fingerprint density at radius 3 is 2.56 bits per heavy atom. The molecule has 2 aromatic rings. The van der Waals surface area contributed by atoms with Gasteiger partial charge in [-0.1, -0.05) is 19.3 Å². The van der Waals surface area contributed by atoms with Gasteiger partial charge in [-0.25, -0.2) is 4.98 Å². The van der Waals surface area contributed by atoms with E-state index in [1.807, 2.05) is 24.5 Å². The summed E-state index contributed by atoms with van der Waals surface area (Å²) >= 11 is 1.66. The lowest BCUT2D eigenvalue weighted by Crippen LogP contribution is -2.04. The Labute approximate surface area is 111 Å². The van der Waals surface area contributed by atoms with Gasteiger partial charge >= 0.3 is 0 Å². The van der Waals surface area contributed by atoms with E-state index in [2.05, 4.69) is 9.97 Å². The van der Waals surface area contributed by atoms with Crippen molar-refractivity contribution in [1.82, 2.24) is 9.97 Å². The normalized spacial score (nSPS) is 16.9. The molecule has 1 aliphatic carbocycles. The summed E-state index contributed by atoms with van der Waals surface area (Å²) in [4.78, 5) is 9.96. The Balaban J connectivity index is 1.99. The first-order chi connectivity index (χ1) is 8.84. The van der Waals surface area contributed by atoms with Gasteiger partial charge in [-0.15, -0.1) is 11.3 Å². The minimum atomic E-state index is 0.650. The van der Waals surface area contributed by atoms with Gasteiger partial charge in [-0.05, 0) is 30.9 Å². The van der Waals surface area contributed by atoms with Crippen LogP contribution in [0.2, 0.25) is 0 Å². The third-order valence-electron chi connectivity index (χ3n) is 3.60. The van der Waals surface area contributed by atoms with Crippen LogP contribution >= 0.6 is 11.3 Å². The molecule has 4 heteroatoms. The van der Waals surface area contributed by atoms with E-state index in [9.17, 15) is 0 Å². The number of nitrogens with zero attached hydrogens (tertiary/aromatic N) is 2. The highest BCUT2D eigenvalue weighted by atomic mass is 32.1. The Kier molecular flexibility index (Phi) is 3.28. The minimum absolute atomic E-state index is 0.650. The van der Waals surface area contributed by atoms with Crippen LogP contribution in [0.5, 0.6) is 0 Å². The molecule has 0 aliphatic heterocycles. The monoisotopic (exact) mass is 259 g/mol. The molecule has 94 valence electrons. The molecule has 0 saturated heterocycles. The van der Waals surface area contributed by atoms with Crippen molar-refractivity contribution < 1.29 is 0 Å². The molecule has 0 atom stereocenters. The van der Waals surface area contributed by atoms with Gasteiger partial charge in [0.25, 0.3) is 0 Å². The number of pyridine rings is 1. The molecule has 2 aromatic heterocycles. The van der Waals surface area contributed by atoms with Crippen molar-refractivity contribution in [2.45, 2.75) is 38.0 Å². The number of anilines is 1. The maximum atomic E-state index is 5.92. The highest BCUT2D eigenvalue weighted by Crippen LogP contribution is 2.41. The first-order valence-electron chi connectivity index (χ1n) is 6.51. The van der Waals surface area contributed by atoms with Gasteiger partial charge in [-0.2, -0.15) is 0 Å². The topological polar surface area (TPSA) is 51.8 Å². The second-order valence-electron chi connectivity index (χ2n) is 4.84. The zero-order chi connectivity index (χ0) is 12.4. The molecule has 2 N–H and O–H groups in total. The quantitative estimate of drug-likeness (QED) is 0.891. The second-order valence-corrected chi connectivity index (χ2v) is 5.90. The summed E-state index contributed by atoms with van der Waals surface area (Å²) in [5.41, 5.74) is 8.13. The number of thiazole rings is 1. The van der Waals surface area contributed by atoms with E-state index in [0.29, 0.717) is 11.0 Å². The highest BCUT2D eigenvalue weighted by Gasteiger charge is 2.22. The number of aromatic nitrogens is 2. The van der Waals surface area contributed by atoms with Crippen molar-refractivity contribution in [2.24, 2.45) is 0 Å². The Morgan fingerprint density at radius 1 is 1.11 bits per heavy atom. The fraction of sp³-hybridized carbons (Fsp3) is 0.429. The van der Waals surface area contributed by atoms with Crippen LogP contribution in [-0.4, -0.2) is 9.97 Å². The van der Waals surface area contributed by atoms with Crippen molar-refractivity contribution in [2.75, 3.05) is 5.73 Å². The minimum Gasteiger partial charge on any atom is -0.375 e. The lowest BCUT2D eigenvalue weighted by Gasteiger charge is -2.21. The summed E-state index contributed by atoms with van der Waals surface area (Å²) in [6.45, 7) is 0. The van der Waals surface area contributed by atoms with Crippen molar-refractivity contribution in [3.63, 3.8) is 0 Å². The van der Waals surface area contributed by atoms with Gasteiger partial charge in [0.15, 0.2) is 5.13 Å². The number of hydrogen-bond acceptors (Lipinski definition) is 4. The SMILES string of the molecule is Nc1nc(-c2ccncc2)c(C2CCCCC2)s1. The zero-order valence-corrected chi connectivity index (χ0v) is 11.1. The van der Waals surface area contributed by atoms with E-state index in [0.717, 1.165) is 11.3 Å². The van der Waals surface area contributed by atoms with Crippen LogP contribution in [0.4, 0.5) is 5.13 Å². The maximum Gasteiger partial charge on any atom is 0.180 e. The van der Waals surface area contributed by atoms with Gasteiger partial charge in [0.2, 0.25) is 0 Å². The number of nitrogen functional groups attached to an aromatic ring is 1.